The third-order valence-electron chi connectivity index (χ3n) is 12.5. The Morgan fingerprint density at radius 1 is 0.680 bits per heavy atom. The number of non-ortho nitro benzene ring substituents is 2. The van der Waals surface area contributed by atoms with Crippen molar-refractivity contribution in [1.82, 2.24) is 9.80 Å². The van der Waals surface area contributed by atoms with E-state index >= 15 is 0 Å². The molecule has 2 saturated heterocycles. The molecule has 3 aliphatic rings. The van der Waals surface area contributed by atoms with Crippen LogP contribution in [-0.4, -0.2) is 97.8 Å². The lowest BCUT2D eigenvalue weighted by atomic mass is 10.1. The molecule has 5 aromatic carbocycles. The van der Waals surface area contributed by atoms with Crippen molar-refractivity contribution in [1.29, 1.82) is 0 Å². The van der Waals surface area contributed by atoms with Crippen LogP contribution in [0.2, 0.25) is 0 Å². The minimum Gasteiger partial charge on any atom is -0.332 e. The molecular formula is C55H50N8O12+2. The van der Waals surface area contributed by atoms with Gasteiger partial charge in [0.2, 0.25) is 42.0 Å². The van der Waals surface area contributed by atoms with E-state index < -0.39 is 27.7 Å². The van der Waals surface area contributed by atoms with Crippen LogP contribution in [0, 0.1) is 20.2 Å². The molecule has 2 atom stereocenters. The number of anilines is 1. The van der Waals surface area contributed by atoms with Gasteiger partial charge in [-0.2, -0.15) is 4.57 Å². The molecule has 3 amide bonds. The third kappa shape index (κ3) is 13.7. The summed E-state index contributed by atoms with van der Waals surface area (Å²) in [5, 5.41) is 23.3. The van der Waals surface area contributed by atoms with Crippen LogP contribution in [0.4, 0.5) is 22.9 Å². The largest absolute Gasteiger partial charge is 0.396 e. The van der Waals surface area contributed by atoms with Gasteiger partial charge in [-0.25, -0.2) is 4.79 Å². The van der Waals surface area contributed by atoms with Crippen molar-refractivity contribution in [3.8, 4) is 0 Å². The zero-order valence-electron chi connectivity index (χ0n) is 40.6. The third-order valence-corrected chi connectivity index (χ3v) is 12.5. The van der Waals surface area contributed by atoms with Gasteiger partial charge in [0.25, 0.3) is 23.3 Å². The van der Waals surface area contributed by atoms with E-state index in [1.54, 1.807) is 57.2 Å². The maximum absolute atomic E-state index is 13.4. The molecule has 0 saturated carbocycles. The molecule has 20 nitrogen and oxygen atoms in total. The molecule has 6 aromatic rings. The van der Waals surface area contributed by atoms with E-state index in [0.717, 1.165) is 24.0 Å². The van der Waals surface area contributed by atoms with Crippen LogP contribution in [0.25, 0.3) is 0 Å². The van der Waals surface area contributed by atoms with Gasteiger partial charge in [0.15, 0.2) is 18.3 Å². The van der Waals surface area contributed by atoms with Gasteiger partial charge in [0.05, 0.1) is 28.7 Å². The molecule has 0 spiro atoms. The minimum atomic E-state index is -0.685. The number of hydrogen-bond acceptors (Lipinski definition) is 13. The first kappa shape index (κ1) is 53.2. The Morgan fingerprint density at radius 3 is 1.69 bits per heavy atom. The number of Topliss-reactive ketones (excluding diaryl/α,β-unsaturated/α-hetero) is 3. The highest BCUT2D eigenvalue weighted by Crippen LogP contribution is 2.24. The number of nitro benzene ring substituents is 2. The molecule has 2 fully saturated rings. The van der Waals surface area contributed by atoms with Crippen LogP contribution in [0.1, 0.15) is 74.8 Å². The number of amides is 3. The van der Waals surface area contributed by atoms with Gasteiger partial charge in [-0.1, -0.05) is 60.7 Å². The van der Waals surface area contributed by atoms with Crippen LogP contribution >= 0.6 is 0 Å². The van der Waals surface area contributed by atoms with Crippen molar-refractivity contribution in [2.75, 3.05) is 18.4 Å². The number of nitrogens with one attached hydrogen (secondary N) is 1. The van der Waals surface area contributed by atoms with Gasteiger partial charge in [-0.05, 0) is 97.3 Å². The van der Waals surface area contributed by atoms with Gasteiger partial charge in [-0.15, -0.1) is 4.57 Å². The van der Waals surface area contributed by atoms with Crippen molar-refractivity contribution in [2.45, 2.75) is 64.1 Å². The molecule has 0 unspecified atom stereocenters. The first-order valence-electron chi connectivity index (χ1n) is 23.8. The van der Waals surface area contributed by atoms with Crippen LogP contribution < -0.4 is 14.5 Å². The number of fused-ring (bicyclic) bond motifs is 1. The van der Waals surface area contributed by atoms with Crippen molar-refractivity contribution in [2.24, 2.45) is 4.99 Å². The molecular weight excluding hydrogens is 965 g/mol. The zero-order chi connectivity index (χ0) is 53.6. The van der Waals surface area contributed by atoms with Crippen molar-refractivity contribution < 1.29 is 57.3 Å². The highest BCUT2D eigenvalue weighted by atomic mass is 16.6. The summed E-state index contributed by atoms with van der Waals surface area (Å²) in [5.74, 6) is -1.12. The van der Waals surface area contributed by atoms with Crippen LogP contribution in [-0.2, 0) is 43.4 Å². The monoisotopic (exact) mass is 1010 g/mol. The highest BCUT2D eigenvalue weighted by molar-refractivity contribution is 6.44. The topological polar surface area (TPSA) is 261 Å². The van der Waals surface area contributed by atoms with E-state index in [1.807, 2.05) is 60.7 Å². The number of aldehydes is 1. The Bertz CT molecular complexity index is 3150. The summed E-state index contributed by atoms with van der Waals surface area (Å²) in [6.45, 7) is 2.58. The van der Waals surface area contributed by atoms with E-state index in [1.165, 1.54) is 60.0 Å². The number of benzene rings is 5. The second-order valence-electron chi connectivity index (χ2n) is 17.6. The van der Waals surface area contributed by atoms with Crippen LogP contribution in [0.3, 0.4) is 0 Å². The number of aromatic nitrogens is 2. The average Bonchev–Trinajstić information content (AvgIpc) is 4.20. The zero-order valence-corrected chi connectivity index (χ0v) is 40.6. The van der Waals surface area contributed by atoms with Gasteiger partial charge in [-0.3, -0.25) is 53.8 Å². The first-order valence-corrected chi connectivity index (χ1v) is 23.8. The van der Waals surface area contributed by atoms with Gasteiger partial charge in [0, 0.05) is 59.7 Å². The van der Waals surface area contributed by atoms with Gasteiger partial charge >= 0.3 is 11.7 Å². The summed E-state index contributed by atoms with van der Waals surface area (Å²) >= 11 is 0. The maximum atomic E-state index is 13.4. The second-order valence-corrected chi connectivity index (χ2v) is 17.6. The quantitative estimate of drug-likeness (QED) is 0.0320. The first-order chi connectivity index (χ1) is 36.1. The fourth-order valence-corrected chi connectivity index (χ4v) is 8.64. The summed E-state index contributed by atoms with van der Waals surface area (Å²) in [6, 6.07) is 35.3. The van der Waals surface area contributed by atoms with E-state index in [0.29, 0.717) is 48.6 Å². The van der Waals surface area contributed by atoms with E-state index in [9.17, 15) is 58.6 Å². The lowest BCUT2D eigenvalue weighted by Crippen LogP contribution is -2.50. The van der Waals surface area contributed by atoms with Crippen molar-refractivity contribution in [3.63, 3.8) is 0 Å². The number of nitrogens with zero attached hydrogens (tertiary/aromatic N) is 7. The maximum Gasteiger partial charge on any atom is 0.396 e. The molecule has 20 heteroatoms. The number of aliphatic imine (C=N–C) groups is 1. The number of likely N-dealkylation sites (tertiary alicyclic amines) is 2. The van der Waals surface area contributed by atoms with Gasteiger partial charge in [0.1, 0.15) is 6.04 Å². The Morgan fingerprint density at radius 2 is 1.19 bits per heavy atom. The fraction of sp³-hybridized carbons (Fsp3) is 0.218. The number of carbonyl (C=O) groups excluding carboxylic acids is 8. The summed E-state index contributed by atoms with van der Waals surface area (Å²) in [5.41, 5.74) is 3.74. The number of rotatable bonds is 15. The summed E-state index contributed by atoms with van der Waals surface area (Å²) in [4.78, 5) is 125. The normalized spacial score (nSPS) is 15.2. The number of hydrogen-bond donors (Lipinski definition) is 1. The molecule has 380 valence electrons. The molecule has 0 bridgehead atoms. The SMILES string of the molecule is CC(=O)c1ccc([N+](=O)[O-])cc1.O=C(C[n+]1cc[n+]2c(c1)N=C(c1ccc(NC(=O)[C@@H]3CCCN3C(=O)Cc3ccccc3)cc1)C2=O)[C@@H]1CCCN1C(=O)Cc1ccccc1.O=CC(=O)c1ccc([N+](=O)[O-])cc1. The predicted octanol–water partition coefficient (Wildman–Crippen LogP) is 5.79. The molecule has 75 heavy (non-hydrogen) atoms. The average molecular weight is 1020 g/mol. The minimum absolute atomic E-state index is 0.000000000000000222. The Hall–Kier alpha value is -9.59. The molecule has 9 rings (SSSR count). The smallest absolute Gasteiger partial charge is 0.332 e. The van der Waals surface area contributed by atoms with E-state index in [2.05, 4.69) is 10.3 Å². The van der Waals surface area contributed by atoms with Crippen LogP contribution in [0.15, 0.2) is 157 Å². The summed E-state index contributed by atoms with van der Waals surface area (Å²) in [6.07, 6.45) is 8.37. The standard InChI is InChI=1S/C39H37N6O5.C8H5NO4.C8H7NO3/c46-33(31-13-7-19-43(31)35(47)23-27-9-3-1-4-10-27)25-42-21-22-45-34(26-42)41-37(39(45)50)29-15-17-30(18-16-29)40-38(49)32-14-8-20-44(32)36(48)24-28-11-5-2-6-12-28;10-5-8(11)6-1-3-7(4-2-6)9(12)13;1-6(10)7-2-4-8(5-3-7)9(11)12/h1-6,9-12,15-18,21-22,26,31-32H,7-8,13-14,19-20,23-25H2;1-5H;2-5H,1H3/q+1;;/p+1/t31-,32-;;/m0../s1. The number of nitro groups is 2. The van der Waals surface area contributed by atoms with E-state index in [-0.39, 0.29) is 83.5 Å². The Labute approximate surface area is 429 Å². The Kier molecular flexibility index (Phi) is 17.5. The molecule has 4 heterocycles. The molecule has 1 aromatic heterocycles. The second kappa shape index (κ2) is 24.7. The lowest BCUT2D eigenvalue weighted by molar-refractivity contribution is -0.702. The summed E-state index contributed by atoms with van der Waals surface area (Å²) in [7, 11) is 0. The van der Waals surface area contributed by atoms with E-state index in [4.69, 9.17) is 0 Å². The molecule has 0 radical (unpaired) electrons. The molecule has 0 aliphatic carbocycles. The highest BCUT2D eigenvalue weighted by Gasteiger charge is 2.40. The Balaban J connectivity index is 0.000000267. The fourth-order valence-electron chi connectivity index (χ4n) is 8.64. The summed E-state index contributed by atoms with van der Waals surface area (Å²) < 4.78 is 3.12. The van der Waals surface area contributed by atoms with Crippen molar-refractivity contribution >= 4 is 75.9 Å². The van der Waals surface area contributed by atoms with Gasteiger partial charge < -0.3 is 15.1 Å². The predicted molar refractivity (Wildman–Crippen MR) is 270 cm³/mol. The van der Waals surface area contributed by atoms with Crippen molar-refractivity contribution in [3.05, 3.63) is 200 Å². The molecule has 1 N–H and O–H groups in total. The van der Waals surface area contributed by atoms with Crippen LogP contribution in [0.5, 0.6) is 0 Å². The number of ketones is 3. The molecule has 3 aliphatic heterocycles. The number of carbonyl (C=O) groups is 8. The lowest BCUT2D eigenvalue weighted by Gasteiger charge is -2.24.